The number of nitrogens with one attached hydrogen (secondary N) is 1. The molecule has 102 valence electrons. The van der Waals surface area contributed by atoms with Crippen LogP contribution in [0.3, 0.4) is 0 Å². The first-order chi connectivity index (χ1) is 9.06. The van der Waals surface area contributed by atoms with Crippen LogP contribution in [0, 0.1) is 11.6 Å². The Morgan fingerprint density at radius 3 is 2.68 bits per heavy atom. The molecule has 1 aromatic carbocycles. The lowest BCUT2D eigenvalue weighted by atomic mass is 10.1. The predicted molar refractivity (Wildman–Crippen MR) is 65.4 cm³/mol. The summed E-state index contributed by atoms with van der Waals surface area (Å²) < 4.78 is 31.9. The van der Waals surface area contributed by atoms with Crippen LogP contribution in [0.15, 0.2) is 22.6 Å². The lowest BCUT2D eigenvalue weighted by molar-refractivity contribution is 0.424. The van der Waals surface area contributed by atoms with Gasteiger partial charge >= 0.3 is 0 Å². The van der Waals surface area contributed by atoms with Crippen LogP contribution in [0.4, 0.5) is 8.78 Å². The van der Waals surface area contributed by atoms with Crippen molar-refractivity contribution in [3.63, 3.8) is 0 Å². The summed E-state index contributed by atoms with van der Waals surface area (Å²) in [6.07, 6.45) is 0.0816. The van der Waals surface area contributed by atoms with Crippen molar-refractivity contribution < 1.29 is 13.2 Å². The summed E-state index contributed by atoms with van der Waals surface area (Å²) in [6.45, 7) is 4.45. The Morgan fingerprint density at radius 2 is 1.95 bits per heavy atom. The molecule has 6 heteroatoms. The van der Waals surface area contributed by atoms with E-state index in [1.807, 2.05) is 13.8 Å². The zero-order valence-corrected chi connectivity index (χ0v) is 10.8. The van der Waals surface area contributed by atoms with Crippen LogP contribution in [0.25, 0.3) is 0 Å². The lowest BCUT2D eigenvalue weighted by Crippen LogP contribution is -2.21. The van der Waals surface area contributed by atoms with Gasteiger partial charge in [0, 0.05) is 11.6 Å². The third kappa shape index (κ3) is 3.57. The first-order valence-corrected chi connectivity index (χ1v) is 6.04. The molecule has 0 amide bonds. The second-order valence-electron chi connectivity index (χ2n) is 4.51. The molecule has 0 saturated heterocycles. The van der Waals surface area contributed by atoms with Crippen molar-refractivity contribution in [3.8, 4) is 0 Å². The Hall–Kier alpha value is -1.82. The smallest absolute Gasteiger partial charge is 0.230 e. The second kappa shape index (κ2) is 5.88. The number of hydrogen-bond acceptors (Lipinski definition) is 4. The van der Waals surface area contributed by atoms with E-state index >= 15 is 0 Å². The molecular weight excluding hydrogens is 252 g/mol. The van der Waals surface area contributed by atoms with E-state index in [1.54, 1.807) is 0 Å². The van der Waals surface area contributed by atoms with Gasteiger partial charge in [-0.25, -0.2) is 8.78 Å². The van der Waals surface area contributed by atoms with Gasteiger partial charge in [-0.05, 0) is 6.07 Å². The highest BCUT2D eigenvalue weighted by molar-refractivity contribution is 5.21. The molecule has 0 atom stereocenters. The minimum atomic E-state index is -0.876. The van der Waals surface area contributed by atoms with E-state index < -0.39 is 11.6 Å². The van der Waals surface area contributed by atoms with E-state index in [-0.39, 0.29) is 17.9 Å². The molecule has 1 N–H and O–H groups in total. The fourth-order valence-electron chi connectivity index (χ4n) is 1.57. The van der Waals surface area contributed by atoms with E-state index in [0.29, 0.717) is 18.5 Å². The molecular formula is C13H15F2N3O. The summed E-state index contributed by atoms with van der Waals surface area (Å²) in [6, 6.07) is 4.32. The van der Waals surface area contributed by atoms with Gasteiger partial charge in [0.15, 0.2) is 11.6 Å². The highest BCUT2D eigenvalue weighted by Gasteiger charge is 2.12. The normalized spacial score (nSPS) is 11.2. The quantitative estimate of drug-likeness (QED) is 0.904. The van der Waals surface area contributed by atoms with Crippen molar-refractivity contribution in [1.29, 1.82) is 0 Å². The maximum Gasteiger partial charge on any atom is 0.230 e. The minimum Gasteiger partial charge on any atom is -0.424 e. The lowest BCUT2D eigenvalue weighted by Gasteiger charge is -2.03. The first-order valence-electron chi connectivity index (χ1n) is 6.04. The zero-order chi connectivity index (χ0) is 13.8. The topological polar surface area (TPSA) is 51.0 Å². The van der Waals surface area contributed by atoms with Gasteiger partial charge < -0.3 is 9.73 Å². The van der Waals surface area contributed by atoms with Gasteiger partial charge in [-0.1, -0.05) is 26.0 Å². The monoisotopic (exact) mass is 267 g/mol. The van der Waals surface area contributed by atoms with Crippen molar-refractivity contribution >= 4 is 0 Å². The predicted octanol–water partition coefficient (Wildman–Crippen LogP) is 2.44. The molecule has 2 rings (SSSR count). The molecule has 0 unspecified atom stereocenters. The van der Waals surface area contributed by atoms with Crippen LogP contribution in [0.1, 0.15) is 31.2 Å². The van der Waals surface area contributed by atoms with Gasteiger partial charge in [-0.3, -0.25) is 0 Å². The molecule has 0 saturated carbocycles. The summed E-state index contributed by atoms with van der Waals surface area (Å²) in [5, 5.41) is 10.8. The molecule has 4 nitrogen and oxygen atoms in total. The van der Waals surface area contributed by atoms with Gasteiger partial charge in [-0.2, -0.15) is 0 Å². The third-order valence-electron chi connectivity index (χ3n) is 2.54. The number of halogens is 2. The highest BCUT2D eigenvalue weighted by atomic mass is 19.2. The largest absolute Gasteiger partial charge is 0.424 e. The first kappa shape index (κ1) is 13.6. The van der Waals surface area contributed by atoms with E-state index in [9.17, 15) is 8.78 Å². The van der Waals surface area contributed by atoms with E-state index in [1.165, 1.54) is 12.1 Å². The van der Waals surface area contributed by atoms with E-state index in [2.05, 4.69) is 15.5 Å². The van der Waals surface area contributed by atoms with Crippen LogP contribution in [-0.2, 0) is 13.0 Å². The second-order valence-corrected chi connectivity index (χ2v) is 4.51. The Kier molecular flexibility index (Phi) is 4.21. The average molecular weight is 267 g/mol. The molecule has 0 spiro atoms. The zero-order valence-electron chi connectivity index (χ0n) is 10.8. The molecule has 0 aliphatic heterocycles. The molecule has 1 aromatic heterocycles. The Labute approximate surface area is 109 Å². The minimum absolute atomic E-state index is 0.0816. The number of nitrogens with zero attached hydrogens (tertiary/aromatic N) is 2. The molecule has 0 radical (unpaired) electrons. The van der Waals surface area contributed by atoms with Crippen molar-refractivity contribution in [2.24, 2.45) is 0 Å². The van der Waals surface area contributed by atoms with Crippen LogP contribution in [0.5, 0.6) is 0 Å². The number of aromatic nitrogens is 2. The van der Waals surface area contributed by atoms with Crippen LogP contribution in [0.2, 0.25) is 0 Å². The van der Waals surface area contributed by atoms with Gasteiger partial charge in [0.2, 0.25) is 11.8 Å². The summed E-state index contributed by atoms with van der Waals surface area (Å²) in [5.74, 6) is -1.05. The van der Waals surface area contributed by atoms with Gasteiger partial charge in [0.25, 0.3) is 0 Å². The maximum absolute atomic E-state index is 13.5. The van der Waals surface area contributed by atoms with Crippen LogP contribution in [-0.4, -0.2) is 16.2 Å². The fraction of sp³-hybridized carbons (Fsp3) is 0.385. The Balaban J connectivity index is 2.05. The highest BCUT2D eigenvalue weighted by Crippen LogP contribution is 2.15. The summed E-state index contributed by atoms with van der Waals surface area (Å²) in [7, 11) is 0. The molecule has 0 fully saturated rings. The number of hydrogen-bond donors (Lipinski definition) is 1. The maximum atomic E-state index is 13.5. The van der Waals surface area contributed by atoms with Gasteiger partial charge in [-0.15, -0.1) is 10.2 Å². The van der Waals surface area contributed by atoms with Crippen molar-refractivity contribution in [1.82, 2.24) is 15.5 Å². The Bertz CT molecular complexity index is 555. The Morgan fingerprint density at radius 1 is 1.21 bits per heavy atom. The molecule has 19 heavy (non-hydrogen) atoms. The molecule has 0 bridgehead atoms. The van der Waals surface area contributed by atoms with Crippen molar-refractivity contribution in [3.05, 3.63) is 47.2 Å². The fourth-order valence-corrected chi connectivity index (χ4v) is 1.57. The van der Waals surface area contributed by atoms with Crippen LogP contribution < -0.4 is 5.32 Å². The molecule has 0 aliphatic rings. The number of rotatable bonds is 5. The number of benzene rings is 1. The van der Waals surface area contributed by atoms with E-state index in [4.69, 9.17) is 4.42 Å². The average Bonchev–Trinajstić information content (AvgIpc) is 2.80. The SMILES string of the molecule is CC(C)NCc1nnc(Cc2cccc(F)c2F)o1. The molecule has 2 aromatic rings. The van der Waals surface area contributed by atoms with Gasteiger partial charge in [0.1, 0.15) is 0 Å². The molecule has 0 aliphatic carbocycles. The summed E-state index contributed by atoms with van der Waals surface area (Å²) in [4.78, 5) is 0. The standard InChI is InChI=1S/C13H15F2N3O/c1-8(2)16-7-12-18-17-11(19-12)6-9-4-3-5-10(14)13(9)15/h3-5,8,16H,6-7H2,1-2H3. The van der Waals surface area contributed by atoms with Gasteiger partial charge in [0.05, 0.1) is 13.0 Å². The third-order valence-corrected chi connectivity index (χ3v) is 2.54. The molecule has 1 heterocycles. The summed E-state index contributed by atoms with van der Waals surface area (Å²) >= 11 is 0. The van der Waals surface area contributed by atoms with Crippen LogP contribution >= 0.6 is 0 Å². The summed E-state index contributed by atoms with van der Waals surface area (Å²) in [5.41, 5.74) is 0.201. The van der Waals surface area contributed by atoms with Crippen molar-refractivity contribution in [2.45, 2.75) is 32.9 Å². The van der Waals surface area contributed by atoms with E-state index in [0.717, 1.165) is 6.07 Å². The van der Waals surface area contributed by atoms with Crippen molar-refractivity contribution in [2.75, 3.05) is 0 Å².